The summed E-state index contributed by atoms with van der Waals surface area (Å²) in [6, 6.07) is 7.68. The Kier molecular flexibility index (Phi) is 7.05. The van der Waals surface area contributed by atoms with Gasteiger partial charge in [-0.3, -0.25) is 0 Å². The minimum atomic E-state index is -1.11. The highest BCUT2D eigenvalue weighted by molar-refractivity contribution is 5.84. The van der Waals surface area contributed by atoms with Gasteiger partial charge in [0.2, 0.25) is 5.95 Å². The molecule has 2 aromatic rings. The average Bonchev–Trinajstić information content (AvgIpc) is 2.73. The van der Waals surface area contributed by atoms with Gasteiger partial charge in [-0.05, 0) is 41.7 Å². The zero-order valence-electron chi connectivity index (χ0n) is 18.5. The lowest BCUT2D eigenvalue weighted by Crippen LogP contribution is -2.22. The monoisotopic (exact) mass is 438 g/mol. The molecule has 3 rings (SSSR count). The highest BCUT2D eigenvalue weighted by Gasteiger charge is 2.20. The number of esters is 1. The Morgan fingerprint density at radius 1 is 1.31 bits per heavy atom. The molecule has 1 unspecified atom stereocenters. The largest absolute Gasteiger partial charge is 0.463 e. The molecule has 1 aromatic carbocycles. The van der Waals surface area contributed by atoms with Crippen LogP contribution >= 0.6 is 0 Å². The van der Waals surface area contributed by atoms with E-state index in [0.29, 0.717) is 17.0 Å². The maximum Gasteiger partial charge on any atom is 0.331 e. The van der Waals surface area contributed by atoms with E-state index in [2.05, 4.69) is 41.4 Å². The Bertz CT molecular complexity index is 1090. The lowest BCUT2D eigenvalue weighted by Gasteiger charge is -2.21. The Labute approximate surface area is 186 Å². The van der Waals surface area contributed by atoms with Crippen molar-refractivity contribution in [3.63, 3.8) is 0 Å². The smallest absolute Gasteiger partial charge is 0.331 e. The zero-order valence-corrected chi connectivity index (χ0v) is 18.5. The van der Waals surface area contributed by atoms with Crippen molar-refractivity contribution < 1.29 is 19.0 Å². The van der Waals surface area contributed by atoms with Gasteiger partial charge in [0, 0.05) is 11.8 Å². The number of anilines is 3. The lowest BCUT2D eigenvalue weighted by molar-refractivity contribution is -0.137. The second-order valence-corrected chi connectivity index (χ2v) is 8.25. The number of halogens is 1. The highest BCUT2D eigenvalue weighted by Crippen LogP contribution is 2.27. The summed E-state index contributed by atoms with van der Waals surface area (Å²) >= 11 is 0. The van der Waals surface area contributed by atoms with Crippen molar-refractivity contribution in [2.75, 3.05) is 17.2 Å². The van der Waals surface area contributed by atoms with E-state index in [1.807, 2.05) is 24.3 Å². The molecule has 168 valence electrons. The number of rotatable bonds is 6. The number of carbonyl (C=O) groups is 1. The summed E-state index contributed by atoms with van der Waals surface area (Å²) in [6.45, 7) is 8.24. The number of nitrogens with one attached hydrogen (secondary N) is 2. The maximum absolute atomic E-state index is 14.4. The Hall–Kier alpha value is -3.52. The molecular weight excluding hydrogens is 411 g/mol. The summed E-state index contributed by atoms with van der Waals surface area (Å²) in [5.41, 5.74) is 2.43. The number of hydrogen-bond donors (Lipinski definition) is 3. The van der Waals surface area contributed by atoms with E-state index in [-0.39, 0.29) is 23.8 Å². The van der Waals surface area contributed by atoms with E-state index < -0.39 is 17.9 Å². The van der Waals surface area contributed by atoms with Crippen LogP contribution in [0.2, 0.25) is 0 Å². The topological polar surface area (TPSA) is 96.4 Å². The van der Waals surface area contributed by atoms with Crippen LogP contribution in [-0.4, -0.2) is 33.8 Å². The van der Waals surface area contributed by atoms with Crippen molar-refractivity contribution in [2.45, 2.75) is 39.2 Å². The SMILES string of the molecule is CCOC(=O)C=C1C=CC=C(Nc2ncc(F)c(Nc3cccc(C(C)(C)C)c3)n2)C1O. The number of nitrogens with zero attached hydrogens (tertiary/aromatic N) is 2. The Balaban J connectivity index is 1.79. The van der Waals surface area contributed by atoms with E-state index in [9.17, 15) is 14.3 Å². The molecule has 0 saturated heterocycles. The van der Waals surface area contributed by atoms with Crippen LogP contribution in [0.15, 0.2) is 66.0 Å². The summed E-state index contributed by atoms with van der Waals surface area (Å²) in [6.07, 6.45) is 6.05. The van der Waals surface area contributed by atoms with Crippen LogP contribution in [0.4, 0.5) is 21.8 Å². The van der Waals surface area contributed by atoms with Crippen molar-refractivity contribution in [3.8, 4) is 0 Å². The number of hydrogen-bond acceptors (Lipinski definition) is 7. The molecule has 0 radical (unpaired) electrons. The fourth-order valence-corrected chi connectivity index (χ4v) is 3.03. The molecule has 0 amide bonds. The summed E-state index contributed by atoms with van der Waals surface area (Å²) in [5, 5.41) is 16.5. The molecule has 7 nitrogen and oxygen atoms in total. The quantitative estimate of drug-likeness (QED) is 0.455. The van der Waals surface area contributed by atoms with Crippen LogP contribution in [0, 0.1) is 5.82 Å². The highest BCUT2D eigenvalue weighted by atomic mass is 19.1. The molecule has 1 atom stereocenters. The molecule has 0 aliphatic heterocycles. The van der Waals surface area contributed by atoms with Crippen LogP contribution in [0.5, 0.6) is 0 Å². The van der Waals surface area contributed by atoms with Gasteiger partial charge >= 0.3 is 5.97 Å². The van der Waals surface area contributed by atoms with Crippen molar-refractivity contribution in [1.82, 2.24) is 9.97 Å². The van der Waals surface area contributed by atoms with Crippen LogP contribution < -0.4 is 10.6 Å². The molecule has 3 N–H and O–H groups in total. The molecule has 0 bridgehead atoms. The minimum Gasteiger partial charge on any atom is -0.463 e. The van der Waals surface area contributed by atoms with Crippen LogP contribution in [-0.2, 0) is 14.9 Å². The third kappa shape index (κ3) is 5.79. The van der Waals surface area contributed by atoms with E-state index >= 15 is 0 Å². The van der Waals surface area contributed by atoms with E-state index in [0.717, 1.165) is 11.8 Å². The van der Waals surface area contributed by atoms with Crippen molar-refractivity contribution in [3.05, 3.63) is 77.4 Å². The van der Waals surface area contributed by atoms with E-state index in [1.54, 1.807) is 25.2 Å². The molecule has 1 heterocycles. The van der Waals surface area contributed by atoms with Gasteiger partial charge in [-0.25, -0.2) is 14.2 Å². The second-order valence-electron chi connectivity index (χ2n) is 8.25. The van der Waals surface area contributed by atoms with Crippen LogP contribution in [0.1, 0.15) is 33.3 Å². The van der Waals surface area contributed by atoms with Crippen molar-refractivity contribution >= 4 is 23.4 Å². The predicted molar refractivity (Wildman–Crippen MR) is 122 cm³/mol. The number of aliphatic hydroxyl groups is 1. The van der Waals surface area contributed by atoms with E-state index in [4.69, 9.17) is 4.74 Å². The molecular formula is C24H27FN4O3. The van der Waals surface area contributed by atoms with Gasteiger partial charge in [0.15, 0.2) is 11.6 Å². The molecule has 32 heavy (non-hydrogen) atoms. The second kappa shape index (κ2) is 9.74. The van der Waals surface area contributed by atoms with Gasteiger partial charge in [-0.1, -0.05) is 45.1 Å². The van der Waals surface area contributed by atoms with E-state index in [1.165, 1.54) is 6.08 Å². The molecule has 1 aromatic heterocycles. The van der Waals surface area contributed by atoms with Gasteiger partial charge in [0.25, 0.3) is 0 Å². The maximum atomic E-state index is 14.4. The molecule has 8 heteroatoms. The third-order valence-corrected chi connectivity index (χ3v) is 4.74. The third-order valence-electron chi connectivity index (χ3n) is 4.74. The van der Waals surface area contributed by atoms with Gasteiger partial charge in [-0.2, -0.15) is 4.98 Å². The zero-order chi connectivity index (χ0) is 23.3. The number of allylic oxidation sites excluding steroid dienone is 2. The van der Waals surface area contributed by atoms with Crippen molar-refractivity contribution in [1.29, 1.82) is 0 Å². The van der Waals surface area contributed by atoms with Crippen LogP contribution in [0.3, 0.4) is 0 Å². The average molecular weight is 439 g/mol. The summed E-state index contributed by atoms with van der Waals surface area (Å²) in [4.78, 5) is 19.9. The first-order chi connectivity index (χ1) is 15.2. The van der Waals surface area contributed by atoms with Gasteiger partial charge in [0.05, 0.1) is 18.5 Å². The summed E-state index contributed by atoms with van der Waals surface area (Å²) in [5.74, 6) is -1.07. The fourth-order valence-electron chi connectivity index (χ4n) is 3.03. The first-order valence-corrected chi connectivity index (χ1v) is 10.3. The molecule has 1 aliphatic carbocycles. The molecule has 0 saturated carbocycles. The molecule has 1 aliphatic rings. The number of aliphatic hydroxyl groups excluding tert-OH is 1. The van der Waals surface area contributed by atoms with Crippen molar-refractivity contribution in [2.24, 2.45) is 0 Å². The van der Waals surface area contributed by atoms with Gasteiger partial charge in [-0.15, -0.1) is 0 Å². The minimum absolute atomic E-state index is 0.00251. The Morgan fingerprint density at radius 3 is 2.81 bits per heavy atom. The normalized spacial score (nSPS) is 17.1. The standard InChI is InChI=1S/C24H27FN4O3/c1-5-32-20(30)12-15-8-6-11-19(21(15)31)28-23-26-14-18(25)22(29-23)27-17-10-7-9-16(13-17)24(2,3)4/h6-14,21,31H,5H2,1-4H3,(H2,26,27,28,29). The summed E-state index contributed by atoms with van der Waals surface area (Å²) in [7, 11) is 0. The first-order valence-electron chi connectivity index (χ1n) is 10.3. The first kappa shape index (κ1) is 23.1. The number of aromatic nitrogens is 2. The summed E-state index contributed by atoms with van der Waals surface area (Å²) < 4.78 is 19.3. The van der Waals surface area contributed by atoms with Gasteiger partial charge < -0.3 is 20.5 Å². The number of ether oxygens (including phenoxy) is 1. The van der Waals surface area contributed by atoms with Gasteiger partial charge in [0.1, 0.15) is 6.10 Å². The van der Waals surface area contributed by atoms with Crippen LogP contribution in [0.25, 0.3) is 0 Å². The predicted octanol–water partition coefficient (Wildman–Crippen LogP) is 4.37. The number of carbonyl (C=O) groups excluding carboxylic acids is 1. The lowest BCUT2D eigenvalue weighted by atomic mass is 9.87. The molecule has 0 fully saturated rings. The Morgan fingerprint density at radius 2 is 2.09 bits per heavy atom. The fraction of sp³-hybridized carbons (Fsp3) is 0.292. The number of benzene rings is 1. The molecule has 0 spiro atoms.